The topological polar surface area (TPSA) is 102 Å². The van der Waals surface area contributed by atoms with Crippen molar-refractivity contribution in [3.05, 3.63) is 35.9 Å². The van der Waals surface area contributed by atoms with Gasteiger partial charge in [-0.15, -0.1) is 0 Å². The predicted octanol–water partition coefficient (Wildman–Crippen LogP) is 2.94. The van der Waals surface area contributed by atoms with Gasteiger partial charge in [0.05, 0.1) is 13.0 Å². The molecule has 1 unspecified atom stereocenters. The van der Waals surface area contributed by atoms with E-state index in [1.807, 2.05) is 37.3 Å². The highest BCUT2D eigenvalue weighted by Gasteiger charge is 2.27. The number of carbonyl (C=O) groups is 4. The van der Waals surface area contributed by atoms with Crippen LogP contribution in [0.15, 0.2) is 30.3 Å². The predicted molar refractivity (Wildman–Crippen MR) is 109 cm³/mol. The Hall–Kier alpha value is -2.90. The van der Waals surface area contributed by atoms with E-state index in [1.165, 1.54) is 4.90 Å². The molecule has 1 atom stereocenters. The van der Waals surface area contributed by atoms with Gasteiger partial charge >= 0.3 is 12.1 Å². The van der Waals surface area contributed by atoms with Gasteiger partial charge in [0.15, 0.2) is 0 Å². The fourth-order valence-electron chi connectivity index (χ4n) is 3.08. The fourth-order valence-corrected chi connectivity index (χ4v) is 3.08. The first-order chi connectivity index (χ1) is 14.5. The number of piperidine rings is 1. The lowest BCUT2D eigenvalue weighted by atomic mass is 10.1. The van der Waals surface area contributed by atoms with Crippen LogP contribution >= 0.6 is 0 Å². The molecule has 0 aliphatic carbocycles. The standard InChI is InChI=1S/C22H30N2O6/c1-2-3-14-29-21(27)15-18(12-13-24-19(25)10-7-11-20(24)26)23-22(28)30-16-17-8-5-4-6-9-17/h4-6,8-9,18H,2-3,7,10-16H2,1H3,(H,23,28). The lowest BCUT2D eigenvalue weighted by Gasteiger charge is -2.27. The van der Waals surface area contributed by atoms with E-state index in [1.54, 1.807) is 0 Å². The number of likely N-dealkylation sites (tertiary alicyclic amines) is 1. The maximum Gasteiger partial charge on any atom is 0.407 e. The first-order valence-corrected chi connectivity index (χ1v) is 10.5. The maximum absolute atomic E-state index is 12.2. The van der Waals surface area contributed by atoms with Crippen molar-refractivity contribution in [1.82, 2.24) is 10.2 Å². The van der Waals surface area contributed by atoms with Crippen LogP contribution in [0.1, 0.15) is 57.4 Å². The van der Waals surface area contributed by atoms with E-state index in [4.69, 9.17) is 9.47 Å². The zero-order valence-electron chi connectivity index (χ0n) is 17.4. The molecular weight excluding hydrogens is 388 g/mol. The van der Waals surface area contributed by atoms with Crippen LogP contribution in [0.25, 0.3) is 0 Å². The third kappa shape index (κ3) is 8.23. The second kappa shape index (κ2) is 12.6. The molecule has 1 aromatic rings. The van der Waals surface area contributed by atoms with E-state index in [0.717, 1.165) is 18.4 Å². The Morgan fingerprint density at radius 3 is 2.47 bits per heavy atom. The first kappa shape index (κ1) is 23.4. The number of nitrogens with zero attached hydrogens (tertiary/aromatic N) is 1. The van der Waals surface area contributed by atoms with E-state index < -0.39 is 18.1 Å². The van der Waals surface area contributed by atoms with Gasteiger partial charge in [-0.3, -0.25) is 19.3 Å². The Bertz CT molecular complexity index is 706. The van der Waals surface area contributed by atoms with E-state index in [-0.39, 0.29) is 37.8 Å². The number of amides is 3. The van der Waals surface area contributed by atoms with Crippen molar-refractivity contribution < 1.29 is 28.7 Å². The van der Waals surface area contributed by atoms with Gasteiger partial charge in [-0.2, -0.15) is 0 Å². The quantitative estimate of drug-likeness (QED) is 0.337. The minimum atomic E-state index is -0.665. The van der Waals surface area contributed by atoms with Gasteiger partial charge < -0.3 is 14.8 Å². The number of carbonyl (C=O) groups excluding carboxylic acids is 4. The minimum absolute atomic E-state index is 0.0552. The maximum atomic E-state index is 12.2. The molecule has 8 heteroatoms. The largest absolute Gasteiger partial charge is 0.466 e. The van der Waals surface area contributed by atoms with Gasteiger partial charge in [-0.25, -0.2) is 4.79 Å². The van der Waals surface area contributed by atoms with Crippen LogP contribution in [-0.4, -0.2) is 48.0 Å². The smallest absolute Gasteiger partial charge is 0.407 e. The van der Waals surface area contributed by atoms with Crippen LogP contribution in [0.4, 0.5) is 4.79 Å². The molecule has 8 nitrogen and oxygen atoms in total. The second-order valence-electron chi connectivity index (χ2n) is 7.26. The molecule has 30 heavy (non-hydrogen) atoms. The summed E-state index contributed by atoms with van der Waals surface area (Å²) < 4.78 is 10.4. The highest BCUT2D eigenvalue weighted by molar-refractivity contribution is 5.97. The number of esters is 1. The highest BCUT2D eigenvalue weighted by Crippen LogP contribution is 2.14. The Labute approximate surface area is 176 Å². The third-order valence-electron chi connectivity index (χ3n) is 4.79. The van der Waals surface area contributed by atoms with Gasteiger partial charge in [0.2, 0.25) is 11.8 Å². The SMILES string of the molecule is CCCCOC(=O)CC(CCN1C(=O)CCCC1=O)NC(=O)OCc1ccccc1. The van der Waals surface area contributed by atoms with Crippen LogP contribution in [-0.2, 0) is 30.5 Å². The molecule has 0 spiro atoms. The fraction of sp³-hybridized carbons (Fsp3) is 0.545. The molecule has 1 aliphatic heterocycles. The van der Waals surface area contributed by atoms with Crippen LogP contribution in [0.5, 0.6) is 0 Å². The summed E-state index contributed by atoms with van der Waals surface area (Å²) >= 11 is 0. The van der Waals surface area contributed by atoms with Crippen molar-refractivity contribution in [3.8, 4) is 0 Å². The number of ether oxygens (including phenoxy) is 2. The lowest BCUT2D eigenvalue weighted by molar-refractivity contribution is -0.148. The van der Waals surface area contributed by atoms with Crippen molar-refractivity contribution in [2.24, 2.45) is 0 Å². The molecule has 164 valence electrons. The van der Waals surface area contributed by atoms with E-state index >= 15 is 0 Å². The summed E-state index contributed by atoms with van der Waals surface area (Å²) in [7, 11) is 0. The number of rotatable bonds is 11. The number of imide groups is 1. The van der Waals surface area contributed by atoms with E-state index in [2.05, 4.69) is 5.32 Å². The number of benzene rings is 1. The molecule has 0 radical (unpaired) electrons. The number of unbranched alkanes of at least 4 members (excludes halogenated alkanes) is 1. The van der Waals surface area contributed by atoms with Gasteiger partial charge in [0, 0.05) is 25.4 Å². The summed E-state index contributed by atoms with van der Waals surface area (Å²) in [5, 5.41) is 2.67. The second-order valence-corrected chi connectivity index (χ2v) is 7.26. The van der Waals surface area contributed by atoms with Gasteiger partial charge in [0.1, 0.15) is 6.61 Å². The summed E-state index contributed by atoms with van der Waals surface area (Å²) in [6.07, 6.45) is 2.43. The average molecular weight is 418 g/mol. The van der Waals surface area contributed by atoms with Crippen molar-refractivity contribution in [1.29, 1.82) is 0 Å². The molecule has 1 aliphatic rings. The van der Waals surface area contributed by atoms with Crippen LogP contribution < -0.4 is 5.32 Å². The number of hydrogen-bond donors (Lipinski definition) is 1. The van der Waals surface area contributed by atoms with E-state index in [9.17, 15) is 19.2 Å². The Balaban J connectivity index is 1.90. The zero-order chi connectivity index (χ0) is 21.8. The summed E-state index contributed by atoms with van der Waals surface area (Å²) in [6, 6.07) is 8.63. The molecule has 0 bridgehead atoms. The molecule has 0 aromatic heterocycles. The molecule has 2 rings (SSSR count). The van der Waals surface area contributed by atoms with E-state index in [0.29, 0.717) is 25.9 Å². The number of alkyl carbamates (subject to hydrolysis) is 1. The van der Waals surface area contributed by atoms with Crippen LogP contribution in [0.2, 0.25) is 0 Å². The van der Waals surface area contributed by atoms with Crippen LogP contribution in [0.3, 0.4) is 0 Å². The lowest BCUT2D eigenvalue weighted by Crippen LogP contribution is -2.44. The normalized spacial score (nSPS) is 14.9. The molecule has 1 N–H and O–H groups in total. The Kier molecular flexibility index (Phi) is 9.83. The van der Waals surface area contributed by atoms with Gasteiger partial charge in [-0.1, -0.05) is 43.7 Å². The molecule has 3 amide bonds. The van der Waals surface area contributed by atoms with Crippen molar-refractivity contribution in [2.75, 3.05) is 13.2 Å². The Morgan fingerprint density at radius 1 is 1.10 bits per heavy atom. The Morgan fingerprint density at radius 2 is 1.80 bits per heavy atom. The van der Waals surface area contributed by atoms with Gasteiger partial charge in [0.25, 0.3) is 0 Å². The van der Waals surface area contributed by atoms with Crippen LogP contribution in [0, 0.1) is 0 Å². The molecule has 1 heterocycles. The molecule has 1 fully saturated rings. The van der Waals surface area contributed by atoms with Crippen molar-refractivity contribution in [2.45, 2.75) is 64.5 Å². The van der Waals surface area contributed by atoms with Crippen molar-refractivity contribution >= 4 is 23.9 Å². The summed E-state index contributed by atoms with van der Waals surface area (Å²) in [5.74, 6) is -0.877. The number of nitrogens with one attached hydrogen (secondary N) is 1. The average Bonchev–Trinajstić information content (AvgIpc) is 2.73. The summed E-state index contributed by atoms with van der Waals surface area (Å²) in [6.45, 7) is 2.56. The third-order valence-corrected chi connectivity index (χ3v) is 4.79. The van der Waals surface area contributed by atoms with Crippen molar-refractivity contribution in [3.63, 3.8) is 0 Å². The minimum Gasteiger partial charge on any atom is -0.466 e. The zero-order valence-corrected chi connectivity index (χ0v) is 17.4. The molecular formula is C22H30N2O6. The van der Waals surface area contributed by atoms with Gasteiger partial charge in [-0.05, 0) is 24.8 Å². The molecule has 1 saturated heterocycles. The first-order valence-electron chi connectivity index (χ1n) is 10.5. The monoisotopic (exact) mass is 418 g/mol. The summed E-state index contributed by atoms with van der Waals surface area (Å²) in [4.78, 5) is 49.5. The molecule has 1 aromatic carbocycles. The highest BCUT2D eigenvalue weighted by atomic mass is 16.5. The summed E-state index contributed by atoms with van der Waals surface area (Å²) in [5.41, 5.74) is 0.840. The number of hydrogen-bond acceptors (Lipinski definition) is 6. The molecule has 0 saturated carbocycles.